The van der Waals surface area contributed by atoms with E-state index in [0.717, 1.165) is 12.8 Å². The molecule has 1 amide bonds. The van der Waals surface area contributed by atoms with Crippen LogP contribution in [0.15, 0.2) is 0 Å². The summed E-state index contributed by atoms with van der Waals surface area (Å²) in [4.78, 5) is 10.7. The third kappa shape index (κ3) is 5.94. The highest BCUT2D eigenvalue weighted by Gasteiger charge is 2.07. The number of rotatable bonds is 5. The van der Waals surface area contributed by atoms with Crippen molar-refractivity contribution in [1.82, 2.24) is 5.32 Å². The van der Waals surface area contributed by atoms with Crippen molar-refractivity contribution in [1.29, 1.82) is 0 Å². The molecule has 0 aliphatic carbocycles. The van der Waals surface area contributed by atoms with Crippen LogP contribution in [0.25, 0.3) is 0 Å². The van der Waals surface area contributed by atoms with Crippen LogP contribution < -0.4 is 5.32 Å². The van der Waals surface area contributed by atoms with E-state index in [2.05, 4.69) is 10.1 Å². The first-order chi connectivity index (χ1) is 5.70. The number of alkyl carbamates (subject to hydrolysis) is 1. The largest absolute Gasteiger partial charge is 0.417 e. The van der Waals surface area contributed by atoms with Crippen LogP contribution in [0.2, 0.25) is 0 Å². The summed E-state index contributed by atoms with van der Waals surface area (Å²) in [6, 6.07) is 0. The first-order valence-electron chi connectivity index (χ1n) is 3.94. The molecule has 1 unspecified atom stereocenters. The van der Waals surface area contributed by atoms with E-state index >= 15 is 0 Å². The molecule has 0 aliphatic rings. The molecule has 0 aliphatic heterocycles. The van der Waals surface area contributed by atoms with E-state index in [-0.39, 0.29) is 0 Å². The van der Waals surface area contributed by atoms with Crippen LogP contribution >= 0.6 is 0 Å². The van der Waals surface area contributed by atoms with Crippen LogP contribution in [0, 0.1) is 0 Å². The zero-order valence-electron chi connectivity index (χ0n) is 7.12. The number of nitrogens with one attached hydrogen (secondary N) is 1. The van der Waals surface area contributed by atoms with E-state index in [1.54, 1.807) is 0 Å². The molecule has 12 heavy (non-hydrogen) atoms. The molecule has 0 saturated carbocycles. The predicted molar refractivity (Wildman–Crippen MR) is 42.5 cm³/mol. The van der Waals surface area contributed by atoms with Gasteiger partial charge < -0.3 is 20.3 Å². The second-order valence-corrected chi connectivity index (χ2v) is 2.32. The molecule has 0 rings (SSSR count). The molecule has 0 fully saturated rings. The van der Waals surface area contributed by atoms with Crippen molar-refractivity contribution >= 4 is 6.09 Å². The lowest BCUT2D eigenvalue weighted by Gasteiger charge is -2.09. The minimum absolute atomic E-state index is 0.521. The number of hydrogen-bond donors (Lipinski definition) is 3. The Bertz CT molecular complexity index is 129. The number of carbonyl (C=O) groups excluding carboxylic acids is 1. The molecule has 5 heteroatoms. The van der Waals surface area contributed by atoms with Gasteiger partial charge in [0, 0.05) is 6.54 Å². The van der Waals surface area contributed by atoms with E-state index in [4.69, 9.17) is 10.2 Å². The van der Waals surface area contributed by atoms with Crippen LogP contribution in [-0.2, 0) is 4.74 Å². The Morgan fingerprint density at radius 2 is 2.33 bits per heavy atom. The summed E-state index contributed by atoms with van der Waals surface area (Å²) in [5.41, 5.74) is 0. The Hall–Kier alpha value is -0.810. The van der Waals surface area contributed by atoms with Gasteiger partial charge in [0.15, 0.2) is 0 Å². The van der Waals surface area contributed by atoms with Crippen LogP contribution in [0.5, 0.6) is 0 Å². The molecule has 5 nitrogen and oxygen atoms in total. The highest BCUT2D eigenvalue weighted by Crippen LogP contribution is 1.87. The highest BCUT2D eigenvalue weighted by molar-refractivity contribution is 5.67. The molecule has 0 aromatic rings. The fourth-order valence-corrected chi connectivity index (χ4v) is 0.570. The van der Waals surface area contributed by atoms with Crippen molar-refractivity contribution in [2.45, 2.75) is 26.1 Å². The maximum atomic E-state index is 10.7. The molecule has 0 saturated heterocycles. The molecular formula is C7H15NO4. The van der Waals surface area contributed by atoms with E-state index in [9.17, 15) is 4.79 Å². The lowest BCUT2D eigenvalue weighted by Crippen LogP contribution is -2.31. The van der Waals surface area contributed by atoms with Gasteiger partial charge in [-0.15, -0.1) is 0 Å². The van der Waals surface area contributed by atoms with Crippen LogP contribution in [-0.4, -0.2) is 35.7 Å². The standard InChI is InChI=1S/C7H15NO4/c1-2-3-4-8-7(11)12-6(10)5-9/h6,9-10H,2-5H2,1H3,(H,8,11). The van der Waals surface area contributed by atoms with Crippen LogP contribution in [0.3, 0.4) is 0 Å². The van der Waals surface area contributed by atoms with E-state index in [0.29, 0.717) is 6.54 Å². The third-order valence-corrected chi connectivity index (χ3v) is 1.20. The fraction of sp³-hybridized carbons (Fsp3) is 0.857. The topological polar surface area (TPSA) is 78.8 Å². The maximum absolute atomic E-state index is 10.7. The molecule has 0 aromatic heterocycles. The van der Waals surface area contributed by atoms with Crippen molar-refractivity contribution in [3.63, 3.8) is 0 Å². The zero-order valence-corrected chi connectivity index (χ0v) is 7.12. The average Bonchev–Trinajstić information content (AvgIpc) is 2.05. The zero-order chi connectivity index (χ0) is 9.40. The summed E-state index contributed by atoms with van der Waals surface area (Å²) < 4.78 is 4.30. The Labute approximate surface area is 71.3 Å². The van der Waals surface area contributed by atoms with E-state index in [1.807, 2.05) is 6.92 Å². The Morgan fingerprint density at radius 1 is 1.67 bits per heavy atom. The van der Waals surface area contributed by atoms with E-state index < -0.39 is 19.0 Å². The van der Waals surface area contributed by atoms with Gasteiger partial charge in [-0.3, -0.25) is 0 Å². The van der Waals surface area contributed by atoms with Crippen molar-refractivity contribution < 1.29 is 19.7 Å². The summed E-state index contributed by atoms with van der Waals surface area (Å²) >= 11 is 0. The second kappa shape index (κ2) is 6.87. The first-order valence-corrected chi connectivity index (χ1v) is 3.94. The molecule has 0 aromatic carbocycles. The lowest BCUT2D eigenvalue weighted by atomic mass is 10.3. The van der Waals surface area contributed by atoms with Crippen LogP contribution in [0.1, 0.15) is 19.8 Å². The molecular weight excluding hydrogens is 162 g/mol. The van der Waals surface area contributed by atoms with Crippen molar-refractivity contribution in [2.24, 2.45) is 0 Å². The second-order valence-electron chi connectivity index (χ2n) is 2.32. The summed E-state index contributed by atoms with van der Waals surface area (Å²) in [6.07, 6.45) is -0.288. The number of aliphatic hydroxyl groups is 2. The number of ether oxygens (including phenoxy) is 1. The molecule has 72 valence electrons. The predicted octanol–water partition coefficient (Wildman–Crippen LogP) is -0.177. The summed E-state index contributed by atoms with van der Waals surface area (Å²) in [5, 5.41) is 19.4. The van der Waals surface area contributed by atoms with Gasteiger partial charge in [0.1, 0.15) is 6.61 Å². The van der Waals surface area contributed by atoms with Gasteiger partial charge in [0.25, 0.3) is 0 Å². The molecule has 0 spiro atoms. The average molecular weight is 177 g/mol. The van der Waals surface area contributed by atoms with Crippen molar-refractivity contribution in [2.75, 3.05) is 13.2 Å². The number of carbonyl (C=O) groups is 1. The van der Waals surface area contributed by atoms with Crippen molar-refractivity contribution in [3.05, 3.63) is 0 Å². The molecule has 0 heterocycles. The summed E-state index contributed by atoms with van der Waals surface area (Å²) in [6.45, 7) is 1.93. The van der Waals surface area contributed by atoms with Gasteiger partial charge in [-0.1, -0.05) is 13.3 Å². The van der Waals surface area contributed by atoms with Gasteiger partial charge in [-0.2, -0.15) is 0 Å². The smallest absolute Gasteiger partial charge is 0.409 e. The Morgan fingerprint density at radius 3 is 2.83 bits per heavy atom. The highest BCUT2D eigenvalue weighted by atomic mass is 16.7. The summed E-state index contributed by atoms with van der Waals surface area (Å²) in [7, 11) is 0. The Kier molecular flexibility index (Phi) is 6.41. The van der Waals surface area contributed by atoms with Crippen molar-refractivity contribution in [3.8, 4) is 0 Å². The molecule has 0 radical (unpaired) electrons. The number of hydrogen-bond acceptors (Lipinski definition) is 4. The van der Waals surface area contributed by atoms with Gasteiger partial charge in [0.2, 0.25) is 6.29 Å². The first kappa shape index (κ1) is 11.2. The normalized spacial score (nSPS) is 12.2. The monoisotopic (exact) mass is 177 g/mol. The molecule has 0 bridgehead atoms. The number of aliphatic hydroxyl groups excluding tert-OH is 2. The molecule has 3 N–H and O–H groups in total. The molecule has 1 atom stereocenters. The van der Waals surface area contributed by atoms with E-state index in [1.165, 1.54) is 0 Å². The number of amides is 1. The van der Waals surface area contributed by atoms with Gasteiger partial charge >= 0.3 is 6.09 Å². The summed E-state index contributed by atoms with van der Waals surface area (Å²) in [5.74, 6) is 0. The number of unbranched alkanes of at least 4 members (excludes halogenated alkanes) is 1. The maximum Gasteiger partial charge on any atom is 0.409 e. The SMILES string of the molecule is CCCCNC(=O)OC(O)CO. The minimum Gasteiger partial charge on any atom is -0.417 e. The van der Waals surface area contributed by atoms with Crippen LogP contribution in [0.4, 0.5) is 4.79 Å². The van der Waals surface area contributed by atoms with Gasteiger partial charge in [-0.25, -0.2) is 4.79 Å². The van der Waals surface area contributed by atoms with Gasteiger partial charge in [-0.05, 0) is 6.42 Å². The lowest BCUT2D eigenvalue weighted by molar-refractivity contribution is -0.0821. The minimum atomic E-state index is -1.42. The Balaban J connectivity index is 3.33. The third-order valence-electron chi connectivity index (χ3n) is 1.20. The quantitative estimate of drug-likeness (QED) is 0.402. The van der Waals surface area contributed by atoms with Gasteiger partial charge in [0.05, 0.1) is 0 Å². The fourth-order valence-electron chi connectivity index (χ4n) is 0.570.